The number of hydrogen-bond donors (Lipinski definition) is 0. The maximum atomic E-state index is 12.9. The van der Waals surface area contributed by atoms with Gasteiger partial charge in [-0.25, -0.2) is 13.2 Å². The molecule has 1 saturated heterocycles. The summed E-state index contributed by atoms with van der Waals surface area (Å²) >= 11 is 0. The van der Waals surface area contributed by atoms with E-state index in [0.717, 1.165) is 5.56 Å². The first-order valence-electron chi connectivity index (χ1n) is 9.83. The number of sulfone groups is 1. The molecular formula is C23H25NO6S. The number of nitrogens with zero attached hydrogens (tertiary/aromatic N) is 1. The Kier molecular flexibility index (Phi) is 7.12. The molecule has 8 heteroatoms. The minimum Gasteiger partial charge on any atom is -0.497 e. The summed E-state index contributed by atoms with van der Waals surface area (Å²) in [4.78, 5) is 26.7. The maximum Gasteiger partial charge on any atom is 0.339 e. The van der Waals surface area contributed by atoms with Gasteiger partial charge in [0, 0.05) is 13.1 Å². The van der Waals surface area contributed by atoms with Gasteiger partial charge >= 0.3 is 5.97 Å². The lowest BCUT2D eigenvalue weighted by Crippen LogP contribution is -2.40. The summed E-state index contributed by atoms with van der Waals surface area (Å²) in [6, 6.07) is 15.9. The van der Waals surface area contributed by atoms with Crippen molar-refractivity contribution < 1.29 is 27.5 Å². The van der Waals surface area contributed by atoms with Crippen molar-refractivity contribution in [3.8, 4) is 5.75 Å². The van der Waals surface area contributed by atoms with Gasteiger partial charge in [-0.1, -0.05) is 42.5 Å². The molecule has 1 aliphatic heterocycles. The van der Waals surface area contributed by atoms with E-state index in [1.54, 1.807) is 37.5 Å². The summed E-state index contributed by atoms with van der Waals surface area (Å²) in [5, 5.41) is 0. The fourth-order valence-corrected chi connectivity index (χ4v) is 5.14. The third-order valence-electron chi connectivity index (χ3n) is 5.19. The first kappa shape index (κ1) is 22.6. The van der Waals surface area contributed by atoms with Crippen LogP contribution < -0.4 is 4.74 Å². The predicted molar refractivity (Wildman–Crippen MR) is 118 cm³/mol. The molecule has 0 saturated carbocycles. The summed E-state index contributed by atoms with van der Waals surface area (Å²) in [6.07, 6.45) is 2.07. The predicted octanol–water partition coefficient (Wildman–Crippen LogP) is 2.42. The number of amides is 1. The van der Waals surface area contributed by atoms with Gasteiger partial charge < -0.3 is 14.4 Å². The van der Waals surface area contributed by atoms with Crippen LogP contribution in [0.4, 0.5) is 0 Å². The number of carbonyl (C=O) groups is 2. The zero-order valence-corrected chi connectivity index (χ0v) is 18.3. The molecule has 0 spiro atoms. The van der Waals surface area contributed by atoms with Crippen LogP contribution in [0, 0.1) is 0 Å². The first-order chi connectivity index (χ1) is 14.8. The van der Waals surface area contributed by atoms with E-state index in [0.29, 0.717) is 23.3 Å². The van der Waals surface area contributed by atoms with E-state index in [4.69, 9.17) is 9.47 Å². The van der Waals surface area contributed by atoms with Crippen LogP contribution in [-0.4, -0.2) is 63.5 Å². The summed E-state index contributed by atoms with van der Waals surface area (Å²) in [5.41, 5.74) is 1.69. The fourth-order valence-electron chi connectivity index (χ4n) is 3.37. The van der Waals surface area contributed by atoms with Gasteiger partial charge in [0.2, 0.25) is 0 Å². The Balaban J connectivity index is 1.74. The Hall–Kier alpha value is -3.13. The number of rotatable bonds is 7. The molecule has 1 heterocycles. The monoisotopic (exact) mass is 443 g/mol. The van der Waals surface area contributed by atoms with Crippen molar-refractivity contribution in [2.75, 3.05) is 32.3 Å². The Bertz CT molecular complexity index is 1080. The van der Waals surface area contributed by atoms with Gasteiger partial charge in [-0.15, -0.1) is 0 Å². The summed E-state index contributed by atoms with van der Waals surface area (Å²) < 4.78 is 33.9. The number of ether oxygens (including phenoxy) is 2. The van der Waals surface area contributed by atoms with Crippen LogP contribution in [0.25, 0.3) is 11.6 Å². The van der Waals surface area contributed by atoms with Gasteiger partial charge in [-0.3, -0.25) is 4.79 Å². The Morgan fingerprint density at radius 2 is 1.87 bits per heavy atom. The molecule has 1 aliphatic rings. The van der Waals surface area contributed by atoms with Crippen LogP contribution in [0.15, 0.2) is 54.6 Å². The molecule has 0 bridgehead atoms. The summed E-state index contributed by atoms with van der Waals surface area (Å²) in [5.74, 6) is -0.429. The standard InChI is InChI=1S/C23H25NO6S/c1-24(19-11-12-31(27,28)16-19)22(25)15-30-23(26)21(18-8-4-3-5-9-18)14-17-7-6-10-20(13-17)29-2/h3-10,13-14,19H,11-12,15-16H2,1-2H3/b21-14-/t19-/m1/s1. The van der Waals surface area contributed by atoms with E-state index in [1.807, 2.05) is 30.3 Å². The summed E-state index contributed by atoms with van der Waals surface area (Å²) in [6.45, 7) is -0.464. The molecule has 3 rings (SSSR count). The largest absolute Gasteiger partial charge is 0.497 e. The highest BCUT2D eigenvalue weighted by Crippen LogP contribution is 2.22. The number of carbonyl (C=O) groups excluding carboxylic acids is 2. The van der Waals surface area contributed by atoms with Gasteiger partial charge in [0.15, 0.2) is 16.4 Å². The van der Waals surface area contributed by atoms with Crippen molar-refractivity contribution >= 4 is 33.4 Å². The van der Waals surface area contributed by atoms with E-state index >= 15 is 0 Å². The molecule has 7 nitrogen and oxygen atoms in total. The van der Waals surface area contributed by atoms with Crippen LogP contribution in [-0.2, 0) is 24.2 Å². The van der Waals surface area contributed by atoms with Crippen LogP contribution >= 0.6 is 0 Å². The van der Waals surface area contributed by atoms with Crippen molar-refractivity contribution in [1.82, 2.24) is 4.90 Å². The second kappa shape index (κ2) is 9.78. The number of hydrogen-bond acceptors (Lipinski definition) is 6. The molecule has 0 aromatic heterocycles. The lowest BCUT2D eigenvalue weighted by Gasteiger charge is -2.23. The molecule has 1 atom stereocenters. The van der Waals surface area contributed by atoms with E-state index < -0.39 is 34.4 Å². The van der Waals surface area contributed by atoms with Gasteiger partial charge in [0.05, 0.1) is 24.2 Å². The molecule has 164 valence electrons. The number of benzene rings is 2. The van der Waals surface area contributed by atoms with Gasteiger partial charge in [0.25, 0.3) is 5.91 Å². The third-order valence-corrected chi connectivity index (χ3v) is 6.94. The van der Waals surface area contributed by atoms with Crippen LogP contribution in [0.3, 0.4) is 0 Å². The minimum atomic E-state index is -3.12. The smallest absolute Gasteiger partial charge is 0.339 e. The average Bonchev–Trinajstić information content (AvgIpc) is 3.15. The normalized spacial score (nSPS) is 17.7. The Labute approximate surface area is 182 Å². The fraction of sp³-hybridized carbons (Fsp3) is 0.304. The second-order valence-corrected chi connectivity index (χ2v) is 9.57. The molecule has 0 unspecified atom stereocenters. The Morgan fingerprint density at radius 3 is 2.52 bits per heavy atom. The summed E-state index contributed by atoms with van der Waals surface area (Å²) in [7, 11) is -0.0201. The lowest BCUT2D eigenvalue weighted by molar-refractivity contribution is -0.147. The second-order valence-electron chi connectivity index (χ2n) is 7.34. The molecule has 2 aromatic rings. The van der Waals surface area contributed by atoms with Gasteiger partial charge in [-0.05, 0) is 35.8 Å². The first-order valence-corrected chi connectivity index (χ1v) is 11.7. The highest BCUT2D eigenvalue weighted by Gasteiger charge is 2.33. The topological polar surface area (TPSA) is 90.0 Å². The zero-order chi connectivity index (χ0) is 22.4. The average molecular weight is 444 g/mol. The van der Waals surface area contributed by atoms with Crippen molar-refractivity contribution in [2.24, 2.45) is 0 Å². The zero-order valence-electron chi connectivity index (χ0n) is 17.5. The van der Waals surface area contributed by atoms with Crippen LogP contribution in [0.2, 0.25) is 0 Å². The van der Waals surface area contributed by atoms with Crippen molar-refractivity contribution in [3.05, 3.63) is 65.7 Å². The highest BCUT2D eigenvalue weighted by atomic mass is 32.2. The third kappa shape index (κ3) is 5.95. The van der Waals surface area contributed by atoms with Crippen LogP contribution in [0.1, 0.15) is 17.5 Å². The molecule has 0 N–H and O–H groups in total. The number of likely N-dealkylation sites (N-methyl/N-ethyl adjacent to an activating group) is 1. The van der Waals surface area contributed by atoms with E-state index in [9.17, 15) is 18.0 Å². The highest BCUT2D eigenvalue weighted by molar-refractivity contribution is 7.91. The molecule has 0 radical (unpaired) electrons. The minimum absolute atomic E-state index is 0.0613. The maximum absolute atomic E-state index is 12.9. The van der Waals surface area contributed by atoms with Crippen molar-refractivity contribution in [1.29, 1.82) is 0 Å². The molecule has 1 fully saturated rings. The number of esters is 1. The van der Waals surface area contributed by atoms with E-state index in [-0.39, 0.29) is 11.5 Å². The molecule has 0 aliphatic carbocycles. The van der Waals surface area contributed by atoms with Crippen molar-refractivity contribution in [2.45, 2.75) is 12.5 Å². The van der Waals surface area contributed by atoms with Crippen molar-refractivity contribution in [3.63, 3.8) is 0 Å². The SMILES string of the molecule is COc1cccc(/C=C(\C(=O)OCC(=O)N(C)[C@@H]2CCS(=O)(=O)C2)c2ccccc2)c1. The lowest BCUT2D eigenvalue weighted by atomic mass is 10.0. The molecule has 31 heavy (non-hydrogen) atoms. The van der Waals surface area contributed by atoms with E-state index in [1.165, 1.54) is 11.9 Å². The van der Waals surface area contributed by atoms with Gasteiger partial charge in [0.1, 0.15) is 5.75 Å². The molecule has 2 aromatic carbocycles. The quantitative estimate of drug-likeness (QED) is 0.371. The Morgan fingerprint density at radius 1 is 1.13 bits per heavy atom. The van der Waals surface area contributed by atoms with Gasteiger partial charge in [-0.2, -0.15) is 0 Å². The number of methoxy groups -OCH3 is 1. The van der Waals surface area contributed by atoms with Crippen LogP contribution in [0.5, 0.6) is 5.75 Å². The molecular weight excluding hydrogens is 418 g/mol. The van der Waals surface area contributed by atoms with E-state index in [2.05, 4.69) is 0 Å². The molecule has 1 amide bonds.